The minimum atomic E-state index is -1.46. The summed E-state index contributed by atoms with van der Waals surface area (Å²) < 4.78 is 0. The Labute approximate surface area is 115 Å². The summed E-state index contributed by atoms with van der Waals surface area (Å²) in [4.78, 5) is 38.3. The van der Waals surface area contributed by atoms with Crippen LogP contribution in [0.25, 0.3) is 0 Å². The number of carbonyl (C=O) groups is 3. The van der Waals surface area contributed by atoms with E-state index >= 15 is 0 Å². The summed E-state index contributed by atoms with van der Waals surface area (Å²) in [6.45, 7) is 0.258. The molecular formula is C12H15N3O5. The van der Waals surface area contributed by atoms with Crippen LogP contribution in [0.1, 0.15) is 12.0 Å². The highest BCUT2D eigenvalue weighted by Gasteiger charge is 2.24. The second-order valence-electron chi connectivity index (χ2n) is 4.15. The van der Waals surface area contributed by atoms with E-state index < -0.39 is 30.4 Å². The molecule has 0 aliphatic carbocycles. The average molecular weight is 281 g/mol. The summed E-state index contributed by atoms with van der Waals surface area (Å²) in [5.74, 6) is -2.69. The highest BCUT2D eigenvalue weighted by atomic mass is 16.4. The quantitative estimate of drug-likeness (QED) is 0.682. The van der Waals surface area contributed by atoms with Gasteiger partial charge in [0, 0.05) is 26.0 Å². The third-order valence-corrected chi connectivity index (χ3v) is 2.49. The lowest BCUT2D eigenvalue weighted by atomic mass is 10.2. The summed E-state index contributed by atoms with van der Waals surface area (Å²) in [6.07, 6.45) is 2.47. The first-order valence-electron chi connectivity index (χ1n) is 5.75. The zero-order valence-electron chi connectivity index (χ0n) is 10.8. The van der Waals surface area contributed by atoms with Crippen molar-refractivity contribution in [3.8, 4) is 0 Å². The number of hydrogen-bond acceptors (Lipinski definition) is 4. The molecule has 1 aromatic heterocycles. The van der Waals surface area contributed by atoms with Crippen LogP contribution in [-0.2, 0) is 16.1 Å². The Morgan fingerprint density at radius 2 is 1.90 bits per heavy atom. The van der Waals surface area contributed by atoms with Gasteiger partial charge in [-0.3, -0.25) is 9.78 Å². The third-order valence-electron chi connectivity index (χ3n) is 2.49. The molecule has 0 radical (unpaired) electrons. The molecular weight excluding hydrogens is 266 g/mol. The number of carboxylic acids is 2. The average Bonchev–Trinajstić information content (AvgIpc) is 2.38. The molecule has 1 heterocycles. The summed E-state index contributed by atoms with van der Waals surface area (Å²) in [5, 5.41) is 19.6. The molecule has 0 spiro atoms. The normalized spacial score (nSPS) is 11.4. The van der Waals surface area contributed by atoms with Crippen LogP contribution in [0.2, 0.25) is 0 Å². The first-order chi connectivity index (χ1) is 9.40. The van der Waals surface area contributed by atoms with Crippen molar-refractivity contribution in [2.45, 2.75) is 19.0 Å². The lowest BCUT2D eigenvalue weighted by Crippen LogP contribution is -2.47. The number of nitrogens with one attached hydrogen (secondary N) is 1. The van der Waals surface area contributed by atoms with Crippen LogP contribution >= 0.6 is 0 Å². The van der Waals surface area contributed by atoms with Crippen LogP contribution < -0.4 is 5.32 Å². The summed E-state index contributed by atoms with van der Waals surface area (Å²) in [7, 11) is 1.48. The number of carboxylic acid groups (broad SMARTS) is 2. The molecule has 0 aliphatic rings. The van der Waals surface area contributed by atoms with Crippen LogP contribution in [0.3, 0.4) is 0 Å². The van der Waals surface area contributed by atoms with Crippen molar-refractivity contribution >= 4 is 18.0 Å². The van der Waals surface area contributed by atoms with Gasteiger partial charge < -0.3 is 20.4 Å². The Balaban J connectivity index is 2.59. The zero-order chi connectivity index (χ0) is 15.1. The Kier molecular flexibility index (Phi) is 5.45. The van der Waals surface area contributed by atoms with E-state index in [-0.39, 0.29) is 6.54 Å². The van der Waals surface area contributed by atoms with Gasteiger partial charge in [0.2, 0.25) is 0 Å². The lowest BCUT2D eigenvalue weighted by Gasteiger charge is -2.20. The summed E-state index contributed by atoms with van der Waals surface area (Å²) in [6, 6.07) is 1.32. The largest absolute Gasteiger partial charge is 0.481 e. The standard InChI is InChI=1S/C12H15N3O5/c1-15(7-8-2-4-13-5-3-8)12(20)14-9(11(18)19)6-10(16)17/h2-5,9H,6-7H2,1H3,(H,14,20)(H,16,17)(H,18,19)/t9-/m0/s1. The van der Waals surface area contributed by atoms with E-state index in [1.165, 1.54) is 11.9 Å². The van der Waals surface area contributed by atoms with Crippen LogP contribution in [-0.4, -0.2) is 51.2 Å². The summed E-state index contributed by atoms with van der Waals surface area (Å²) in [5.41, 5.74) is 0.822. The molecule has 0 bridgehead atoms. The number of nitrogens with zero attached hydrogens (tertiary/aromatic N) is 2. The van der Waals surface area contributed by atoms with E-state index in [4.69, 9.17) is 10.2 Å². The topological polar surface area (TPSA) is 120 Å². The van der Waals surface area contributed by atoms with E-state index in [1.54, 1.807) is 24.5 Å². The summed E-state index contributed by atoms with van der Waals surface area (Å²) >= 11 is 0. The Bertz CT molecular complexity index is 491. The molecule has 0 unspecified atom stereocenters. The van der Waals surface area contributed by atoms with Gasteiger partial charge in [-0.2, -0.15) is 0 Å². The Hall–Kier alpha value is -2.64. The molecule has 1 aromatic rings. The molecule has 0 saturated carbocycles. The Morgan fingerprint density at radius 3 is 2.40 bits per heavy atom. The van der Waals surface area contributed by atoms with Gasteiger partial charge in [-0.15, -0.1) is 0 Å². The lowest BCUT2D eigenvalue weighted by molar-refractivity contribution is -0.145. The van der Waals surface area contributed by atoms with Crippen LogP contribution in [0, 0.1) is 0 Å². The van der Waals surface area contributed by atoms with E-state index in [1.807, 2.05) is 0 Å². The fourth-order valence-corrected chi connectivity index (χ4v) is 1.47. The van der Waals surface area contributed by atoms with Crippen molar-refractivity contribution in [1.29, 1.82) is 0 Å². The molecule has 2 amide bonds. The van der Waals surface area contributed by atoms with Crippen molar-refractivity contribution in [2.75, 3.05) is 7.05 Å². The van der Waals surface area contributed by atoms with Crippen molar-refractivity contribution in [1.82, 2.24) is 15.2 Å². The molecule has 0 aliphatic heterocycles. The molecule has 0 saturated heterocycles. The highest BCUT2D eigenvalue weighted by molar-refractivity contribution is 5.86. The van der Waals surface area contributed by atoms with Gasteiger partial charge in [-0.05, 0) is 17.7 Å². The molecule has 0 fully saturated rings. The van der Waals surface area contributed by atoms with Crippen molar-refractivity contribution in [2.24, 2.45) is 0 Å². The van der Waals surface area contributed by atoms with Gasteiger partial charge in [0.15, 0.2) is 0 Å². The van der Waals surface area contributed by atoms with Gasteiger partial charge in [-0.25, -0.2) is 9.59 Å². The van der Waals surface area contributed by atoms with Gasteiger partial charge in [-0.1, -0.05) is 0 Å². The zero-order valence-corrected chi connectivity index (χ0v) is 10.8. The van der Waals surface area contributed by atoms with Crippen molar-refractivity contribution in [3.05, 3.63) is 30.1 Å². The van der Waals surface area contributed by atoms with Crippen LogP contribution in [0.15, 0.2) is 24.5 Å². The molecule has 8 heteroatoms. The number of urea groups is 1. The van der Waals surface area contributed by atoms with E-state index in [0.717, 1.165) is 5.56 Å². The number of aromatic nitrogens is 1. The molecule has 8 nitrogen and oxygen atoms in total. The smallest absolute Gasteiger partial charge is 0.326 e. The highest BCUT2D eigenvalue weighted by Crippen LogP contribution is 2.02. The first kappa shape index (κ1) is 15.4. The second kappa shape index (κ2) is 7.07. The van der Waals surface area contributed by atoms with Crippen molar-refractivity contribution in [3.63, 3.8) is 0 Å². The molecule has 0 aromatic carbocycles. The van der Waals surface area contributed by atoms with Gasteiger partial charge >= 0.3 is 18.0 Å². The predicted molar refractivity (Wildman–Crippen MR) is 67.9 cm³/mol. The fourth-order valence-electron chi connectivity index (χ4n) is 1.47. The van der Waals surface area contributed by atoms with Gasteiger partial charge in [0.05, 0.1) is 6.42 Å². The van der Waals surface area contributed by atoms with Crippen LogP contribution in [0.5, 0.6) is 0 Å². The third kappa shape index (κ3) is 4.92. The minimum absolute atomic E-state index is 0.258. The number of carbonyl (C=O) groups excluding carboxylic acids is 1. The number of aliphatic carboxylic acids is 2. The van der Waals surface area contributed by atoms with E-state index in [2.05, 4.69) is 10.3 Å². The van der Waals surface area contributed by atoms with Gasteiger partial charge in [0.25, 0.3) is 0 Å². The maximum atomic E-state index is 11.8. The molecule has 108 valence electrons. The first-order valence-corrected chi connectivity index (χ1v) is 5.75. The predicted octanol–water partition coefficient (Wildman–Crippen LogP) is 0.151. The molecule has 3 N–H and O–H groups in total. The van der Waals surface area contributed by atoms with Gasteiger partial charge in [0.1, 0.15) is 6.04 Å². The molecule has 1 rings (SSSR count). The maximum absolute atomic E-state index is 11.8. The number of rotatable bonds is 6. The fraction of sp³-hybridized carbons (Fsp3) is 0.333. The van der Waals surface area contributed by atoms with E-state index in [9.17, 15) is 14.4 Å². The van der Waals surface area contributed by atoms with E-state index in [0.29, 0.717) is 0 Å². The number of hydrogen-bond donors (Lipinski definition) is 3. The Morgan fingerprint density at radius 1 is 1.30 bits per heavy atom. The van der Waals surface area contributed by atoms with Crippen molar-refractivity contribution < 1.29 is 24.6 Å². The molecule has 1 atom stereocenters. The second-order valence-corrected chi connectivity index (χ2v) is 4.15. The molecule has 20 heavy (non-hydrogen) atoms. The maximum Gasteiger partial charge on any atom is 0.326 e. The SMILES string of the molecule is CN(Cc1ccncc1)C(=O)N[C@@H](CC(=O)O)C(=O)O. The van der Waals surface area contributed by atoms with Crippen LogP contribution in [0.4, 0.5) is 4.79 Å². The monoisotopic (exact) mass is 281 g/mol. The minimum Gasteiger partial charge on any atom is -0.481 e. The number of amides is 2. The number of pyridine rings is 1.